The first kappa shape index (κ1) is 14.1. The fourth-order valence-electron chi connectivity index (χ4n) is 2.77. The largest absolute Gasteiger partial charge is 0.222 e. The predicted molar refractivity (Wildman–Crippen MR) is 74.5 cm³/mol. The molecule has 1 saturated carbocycles. The predicted octanol–water partition coefficient (Wildman–Crippen LogP) is 3.30. The van der Waals surface area contributed by atoms with Crippen molar-refractivity contribution in [1.82, 2.24) is 0 Å². The molecule has 0 N–H and O–H groups in total. The van der Waals surface area contributed by atoms with E-state index in [0.29, 0.717) is 17.7 Å². The van der Waals surface area contributed by atoms with Crippen LogP contribution < -0.4 is 0 Å². The van der Waals surface area contributed by atoms with E-state index in [9.17, 15) is 13.7 Å². The number of hydrogen-bond acceptors (Lipinski definition) is 3. The maximum absolute atomic E-state index is 12.9. The summed E-state index contributed by atoms with van der Waals surface area (Å²) in [6, 6.07) is 7.52. The number of sulfone groups is 1. The second kappa shape index (κ2) is 4.97. The van der Waals surface area contributed by atoms with Gasteiger partial charge in [-0.3, -0.25) is 0 Å². The molecule has 2 rings (SSSR count). The lowest BCUT2D eigenvalue weighted by Crippen LogP contribution is -2.39. The molecule has 0 aromatic heterocycles. The van der Waals surface area contributed by atoms with Crippen LogP contribution in [0.15, 0.2) is 23.1 Å². The van der Waals surface area contributed by atoms with Gasteiger partial charge in [-0.1, -0.05) is 31.4 Å². The highest BCUT2D eigenvalue weighted by Gasteiger charge is 2.46. The van der Waals surface area contributed by atoms with E-state index in [0.717, 1.165) is 30.4 Å². The summed E-state index contributed by atoms with van der Waals surface area (Å²) in [6.45, 7) is 3.67. The molecule has 0 saturated heterocycles. The third-order valence-corrected chi connectivity index (χ3v) is 6.56. The van der Waals surface area contributed by atoms with Gasteiger partial charge >= 0.3 is 0 Å². The SMILES string of the molecule is Cc1ccc(C)c(S(=O)(=O)C2(C#N)CCCCC2)c1. The molecule has 3 nitrogen and oxygen atoms in total. The van der Waals surface area contributed by atoms with Crippen LogP contribution in [0, 0.1) is 25.2 Å². The Balaban J connectivity index is 2.58. The Morgan fingerprint density at radius 3 is 2.37 bits per heavy atom. The van der Waals surface area contributed by atoms with Gasteiger partial charge in [0.1, 0.15) is 0 Å². The molecule has 4 heteroatoms. The van der Waals surface area contributed by atoms with E-state index in [2.05, 4.69) is 6.07 Å². The van der Waals surface area contributed by atoms with Crippen molar-refractivity contribution in [3.63, 3.8) is 0 Å². The quantitative estimate of drug-likeness (QED) is 0.833. The molecule has 1 aliphatic carbocycles. The lowest BCUT2D eigenvalue weighted by atomic mass is 9.89. The molecule has 0 aliphatic heterocycles. The van der Waals surface area contributed by atoms with Gasteiger partial charge < -0.3 is 0 Å². The standard InChI is InChI=1S/C15H19NO2S/c1-12-6-7-13(2)14(10-12)19(17,18)15(11-16)8-4-3-5-9-15/h6-7,10H,3-5,8-9H2,1-2H3. The highest BCUT2D eigenvalue weighted by Crippen LogP contribution is 2.39. The molecule has 19 heavy (non-hydrogen) atoms. The zero-order valence-electron chi connectivity index (χ0n) is 11.4. The Kier molecular flexibility index (Phi) is 3.69. The summed E-state index contributed by atoms with van der Waals surface area (Å²) in [4.78, 5) is 0.330. The second-order valence-corrected chi connectivity index (χ2v) is 7.67. The fourth-order valence-corrected chi connectivity index (χ4v) is 4.97. The maximum Gasteiger partial charge on any atom is 0.197 e. The Labute approximate surface area is 115 Å². The number of hydrogen-bond donors (Lipinski definition) is 0. The van der Waals surface area contributed by atoms with Crippen molar-refractivity contribution in [3.05, 3.63) is 29.3 Å². The molecule has 0 amide bonds. The molecule has 1 aliphatic rings. The normalized spacial score (nSPS) is 18.8. The molecule has 102 valence electrons. The lowest BCUT2D eigenvalue weighted by molar-refractivity contribution is 0.430. The molecular weight excluding hydrogens is 258 g/mol. The summed E-state index contributed by atoms with van der Waals surface area (Å²) in [7, 11) is -3.59. The monoisotopic (exact) mass is 277 g/mol. The van der Waals surface area contributed by atoms with E-state index < -0.39 is 14.6 Å². The van der Waals surface area contributed by atoms with Gasteiger partial charge in [-0.15, -0.1) is 0 Å². The van der Waals surface area contributed by atoms with Gasteiger partial charge in [0.2, 0.25) is 0 Å². The summed E-state index contributed by atoms with van der Waals surface area (Å²) >= 11 is 0. The number of nitrogens with zero attached hydrogens (tertiary/aromatic N) is 1. The molecule has 0 atom stereocenters. The van der Waals surface area contributed by atoms with Crippen LogP contribution in [0.4, 0.5) is 0 Å². The van der Waals surface area contributed by atoms with Crippen LogP contribution in [0.1, 0.15) is 43.2 Å². The minimum Gasteiger partial charge on any atom is -0.222 e. The van der Waals surface area contributed by atoms with E-state index in [1.807, 2.05) is 19.1 Å². The van der Waals surface area contributed by atoms with E-state index in [1.54, 1.807) is 13.0 Å². The van der Waals surface area contributed by atoms with Gasteiger partial charge in [0, 0.05) is 0 Å². The van der Waals surface area contributed by atoms with Crippen LogP contribution in [0.5, 0.6) is 0 Å². The summed E-state index contributed by atoms with van der Waals surface area (Å²) in [5, 5.41) is 9.47. The van der Waals surface area contributed by atoms with Crippen molar-refractivity contribution in [3.8, 4) is 6.07 Å². The zero-order chi connectivity index (χ0) is 14.1. The fraction of sp³-hybridized carbons (Fsp3) is 0.533. The van der Waals surface area contributed by atoms with Gasteiger partial charge in [0.05, 0.1) is 11.0 Å². The zero-order valence-corrected chi connectivity index (χ0v) is 12.3. The topological polar surface area (TPSA) is 57.9 Å². The number of nitriles is 1. The molecule has 0 radical (unpaired) electrons. The van der Waals surface area contributed by atoms with Gasteiger partial charge in [-0.25, -0.2) is 8.42 Å². The molecule has 0 unspecified atom stereocenters. The Bertz CT molecular complexity index is 620. The van der Waals surface area contributed by atoms with Crippen LogP contribution in [0.3, 0.4) is 0 Å². The minimum atomic E-state index is -3.59. The highest BCUT2D eigenvalue weighted by molar-refractivity contribution is 7.93. The minimum absolute atomic E-state index is 0.330. The average molecular weight is 277 g/mol. The summed E-state index contributed by atoms with van der Waals surface area (Å²) < 4.78 is 24.6. The number of rotatable bonds is 2. The Morgan fingerprint density at radius 2 is 1.79 bits per heavy atom. The Hall–Kier alpha value is -1.34. The average Bonchev–Trinajstić information content (AvgIpc) is 2.42. The second-order valence-electron chi connectivity index (χ2n) is 5.44. The van der Waals surface area contributed by atoms with Gasteiger partial charge in [0.25, 0.3) is 0 Å². The first-order valence-corrected chi connectivity index (χ1v) is 8.14. The van der Waals surface area contributed by atoms with Crippen molar-refractivity contribution in [1.29, 1.82) is 5.26 Å². The third kappa shape index (κ3) is 2.28. The van der Waals surface area contributed by atoms with Gasteiger partial charge in [-0.2, -0.15) is 5.26 Å². The van der Waals surface area contributed by atoms with Crippen molar-refractivity contribution in [2.75, 3.05) is 0 Å². The van der Waals surface area contributed by atoms with Gasteiger partial charge in [0.15, 0.2) is 14.6 Å². The third-order valence-electron chi connectivity index (χ3n) is 4.01. The maximum atomic E-state index is 12.9. The van der Waals surface area contributed by atoms with Crippen molar-refractivity contribution in [2.45, 2.75) is 55.6 Å². The number of benzene rings is 1. The first-order chi connectivity index (χ1) is 8.93. The summed E-state index contributed by atoms with van der Waals surface area (Å²) in [6.07, 6.45) is 3.57. The molecular formula is C15H19NO2S. The van der Waals surface area contributed by atoms with Gasteiger partial charge in [-0.05, 0) is 43.9 Å². The first-order valence-electron chi connectivity index (χ1n) is 6.66. The Morgan fingerprint density at radius 1 is 1.16 bits per heavy atom. The van der Waals surface area contributed by atoms with Crippen LogP contribution in [0.25, 0.3) is 0 Å². The lowest BCUT2D eigenvalue weighted by Gasteiger charge is -2.30. The molecule has 1 aromatic carbocycles. The van der Waals surface area contributed by atoms with Crippen molar-refractivity contribution < 1.29 is 8.42 Å². The summed E-state index contributed by atoms with van der Waals surface area (Å²) in [5.41, 5.74) is 1.64. The number of aryl methyl sites for hydroxylation is 2. The molecule has 1 aromatic rings. The highest BCUT2D eigenvalue weighted by atomic mass is 32.2. The van der Waals surface area contributed by atoms with Crippen LogP contribution >= 0.6 is 0 Å². The van der Waals surface area contributed by atoms with E-state index >= 15 is 0 Å². The van der Waals surface area contributed by atoms with Crippen LogP contribution in [-0.2, 0) is 9.84 Å². The van der Waals surface area contributed by atoms with Crippen molar-refractivity contribution >= 4 is 9.84 Å². The van der Waals surface area contributed by atoms with Crippen LogP contribution in [-0.4, -0.2) is 13.2 Å². The van der Waals surface area contributed by atoms with E-state index in [-0.39, 0.29) is 0 Å². The van der Waals surface area contributed by atoms with E-state index in [1.165, 1.54) is 0 Å². The molecule has 1 fully saturated rings. The smallest absolute Gasteiger partial charge is 0.197 e. The van der Waals surface area contributed by atoms with Crippen LogP contribution in [0.2, 0.25) is 0 Å². The summed E-state index contributed by atoms with van der Waals surface area (Å²) in [5.74, 6) is 0. The van der Waals surface area contributed by atoms with E-state index in [4.69, 9.17) is 0 Å². The molecule has 0 spiro atoms. The molecule has 0 heterocycles. The van der Waals surface area contributed by atoms with Crippen molar-refractivity contribution in [2.24, 2.45) is 0 Å². The molecule has 0 bridgehead atoms.